The van der Waals surface area contributed by atoms with Crippen molar-refractivity contribution in [1.29, 1.82) is 0 Å². The van der Waals surface area contributed by atoms with Crippen LogP contribution in [0, 0.1) is 5.41 Å². The number of fused-ring (bicyclic) bond motifs is 1. The molecule has 1 aromatic rings. The highest BCUT2D eigenvalue weighted by molar-refractivity contribution is 6.03. The molecule has 2 aliphatic rings. The van der Waals surface area contributed by atoms with Crippen molar-refractivity contribution in [3.8, 4) is 0 Å². The van der Waals surface area contributed by atoms with Gasteiger partial charge in [-0.25, -0.2) is 0 Å². The summed E-state index contributed by atoms with van der Waals surface area (Å²) in [4.78, 5) is 11.8. The van der Waals surface area contributed by atoms with Crippen LogP contribution in [-0.4, -0.2) is 5.78 Å². The molecule has 0 unspecified atom stereocenters. The minimum Gasteiger partial charge on any atom is -0.461 e. The summed E-state index contributed by atoms with van der Waals surface area (Å²) in [7, 11) is 0. The van der Waals surface area contributed by atoms with Crippen molar-refractivity contribution in [1.82, 2.24) is 0 Å². The summed E-state index contributed by atoms with van der Waals surface area (Å²) in [6, 6.07) is 1.93. The van der Waals surface area contributed by atoms with Crippen LogP contribution in [0.2, 0.25) is 0 Å². The average molecular weight is 162 g/mol. The molecule has 2 aliphatic carbocycles. The molecule has 1 saturated carbocycles. The molecule has 1 aromatic heterocycles. The van der Waals surface area contributed by atoms with Crippen LogP contribution in [0.3, 0.4) is 0 Å². The number of carbonyl (C=O) groups is 1. The third-order valence-corrected chi connectivity index (χ3v) is 3.27. The Labute approximate surface area is 70.6 Å². The van der Waals surface area contributed by atoms with Crippen LogP contribution in [0.25, 0.3) is 0 Å². The minimum atomic E-state index is -0.0184. The predicted molar refractivity (Wildman–Crippen MR) is 43.0 cm³/mol. The smallest absolute Gasteiger partial charge is 0.204 e. The largest absolute Gasteiger partial charge is 0.461 e. The summed E-state index contributed by atoms with van der Waals surface area (Å²) in [6.45, 7) is 0. The molecule has 0 saturated heterocycles. The quantitative estimate of drug-likeness (QED) is 0.585. The van der Waals surface area contributed by atoms with Crippen LogP contribution in [0.15, 0.2) is 16.7 Å². The van der Waals surface area contributed by atoms with E-state index in [1.54, 1.807) is 6.26 Å². The van der Waals surface area contributed by atoms with Gasteiger partial charge in [-0.15, -0.1) is 0 Å². The van der Waals surface area contributed by atoms with Gasteiger partial charge >= 0.3 is 0 Å². The van der Waals surface area contributed by atoms with E-state index in [4.69, 9.17) is 4.42 Å². The van der Waals surface area contributed by atoms with E-state index in [1.807, 2.05) is 6.07 Å². The molecule has 2 heteroatoms. The number of ketones is 1. The number of rotatable bonds is 0. The van der Waals surface area contributed by atoms with E-state index >= 15 is 0 Å². The van der Waals surface area contributed by atoms with Gasteiger partial charge in [-0.1, -0.05) is 6.42 Å². The maximum atomic E-state index is 11.8. The summed E-state index contributed by atoms with van der Waals surface area (Å²) in [5.74, 6) is 0.892. The first-order valence-electron chi connectivity index (χ1n) is 4.43. The highest BCUT2D eigenvalue weighted by atomic mass is 16.3. The summed E-state index contributed by atoms with van der Waals surface area (Å²) in [5, 5.41) is 0. The molecule has 0 aromatic carbocycles. The summed E-state index contributed by atoms with van der Waals surface area (Å²) >= 11 is 0. The second kappa shape index (κ2) is 1.82. The molecule has 2 nitrogen and oxygen atoms in total. The van der Waals surface area contributed by atoms with Crippen LogP contribution in [0.4, 0.5) is 0 Å². The molecule has 3 rings (SSSR count). The van der Waals surface area contributed by atoms with Crippen LogP contribution in [0.5, 0.6) is 0 Å². The van der Waals surface area contributed by atoms with Gasteiger partial charge in [0, 0.05) is 11.0 Å². The van der Waals surface area contributed by atoms with Crippen molar-refractivity contribution in [2.24, 2.45) is 5.41 Å². The molecule has 0 N–H and O–H groups in total. The summed E-state index contributed by atoms with van der Waals surface area (Å²) in [5.41, 5.74) is 1.11. The fourth-order valence-corrected chi connectivity index (χ4v) is 2.37. The van der Waals surface area contributed by atoms with Crippen LogP contribution in [0.1, 0.15) is 35.4 Å². The maximum Gasteiger partial charge on any atom is 0.204 e. The molecule has 1 fully saturated rings. The monoisotopic (exact) mass is 162 g/mol. The first kappa shape index (κ1) is 6.46. The Hall–Kier alpha value is -1.05. The van der Waals surface area contributed by atoms with Crippen molar-refractivity contribution in [2.45, 2.75) is 25.7 Å². The van der Waals surface area contributed by atoms with E-state index in [1.165, 1.54) is 6.42 Å². The Balaban J connectivity index is 2.10. The molecule has 0 radical (unpaired) electrons. The highest BCUT2D eigenvalue weighted by Gasteiger charge is 2.51. The lowest BCUT2D eigenvalue weighted by Gasteiger charge is -2.35. The molecular weight excluding hydrogens is 152 g/mol. The van der Waals surface area contributed by atoms with Gasteiger partial charge in [0.1, 0.15) is 0 Å². The number of furan rings is 1. The standard InChI is InChI=1S/C10H10O2/c11-9-8-7(2-5-12-8)6-10(9)3-1-4-10/h2,5H,1,3-4,6H2. The highest BCUT2D eigenvalue weighted by Crippen LogP contribution is 2.51. The van der Waals surface area contributed by atoms with E-state index in [9.17, 15) is 4.79 Å². The number of hydrogen-bond donors (Lipinski definition) is 0. The molecule has 0 bridgehead atoms. The average Bonchev–Trinajstić information content (AvgIpc) is 2.49. The van der Waals surface area contributed by atoms with Crippen LogP contribution >= 0.6 is 0 Å². The van der Waals surface area contributed by atoms with E-state index in [0.717, 1.165) is 24.8 Å². The summed E-state index contributed by atoms with van der Waals surface area (Å²) in [6.07, 6.45) is 5.88. The minimum absolute atomic E-state index is 0.0184. The molecule has 0 aliphatic heterocycles. The van der Waals surface area contributed by atoms with E-state index < -0.39 is 0 Å². The molecule has 1 heterocycles. The Morgan fingerprint density at radius 3 is 2.83 bits per heavy atom. The lowest BCUT2D eigenvalue weighted by Crippen LogP contribution is -2.35. The second-order valence-electron chi connectivity index (χ2n) is 3.91. The predicted octanol–water partition coefficient (Wildman–Crippen LogP) is 2.19. The van der Waals surface area contributed by atoms with Gasteiger partial charge in [-0.3, -0.25) is 4.79 Å². The number of Topliss-reactive ketones (excluding diaryl/α,β-unsaturated/α-hetero) is 1. The van der Waals surface area contributed by atoms with Crippen molar-refractivity contribution in [2.75, 3.05) is 0 Å². The third-order valence-electron chi connectivity index (χ3n) is 3.27. The first-order chi connectivity index (χ1) is 5.82. The van der Waals surface area contributed by atoms with E-state index in [2.05, 4.69) is 0 Å². The van der Waals surface area contributed by atoms with Crippen molar-refractivity contribution >= 4 is 5.78 Å². The van der Waals surface area contributed by atoms with E-state index in [0.29, 0.717) is 5.76 Å². The SMILES string of the molecule is O=C1c2occc2CC12CCC2. The van der Waals surface area contributed by atoms with Gasteiger partial charge in [0.25, 0.3) is 0 Å². The molecular formula is C10H10O2. The van der Waals surface area contributed by atoms with Crippen molar-refractivity contribution in [3.63, 3.8) is 0 Å². The van der Waals surface area contributed by atoms with Crippen molar-refractivity contribution in [3.05, 3.63) is 23.7 Å². The number of carbonyl (C=O) groups excluding carboxylic acids is 1. The zero-order valence-electron chi connectivity index (χ0n) is 6.80. The Bertz CT molecular complexity index is 344. The molecule has 0 atom stereocenters. The van der Waals surface area contributed by atoms with Crippen molar-refractivity contribution < 1.29 is 9.21 Å². The van der Waals surface area contributed by atoms with Gasteiger partial charge in [0.2, 0.25) is 5.78 Å². The number of hydrogen-bond acceptors (Lipinski definition) is 2. The van der Waals surface area contributed by atoms with E-state index in [-0.39, 0.29) is 11.2 Å². The molecule has 62 valence electrons. The van der Waals surface area contributed by atoms with Gasteiger partial charge < -0.3 is 4.42 Å². The zero-order chi connectivity index (χ0) is 8.18. The topological polar surface area (TPSA) is 30.2 Å². The maximum absolute atomic E-state index is 11.8. The Morgan fingerprint density at radius 2 is 2.25 bits per heavy atom. The fourth-order valence-electron chi connectivity index (χ4n) is 2.37. The first-order valence-corrected chi connectivity index (χ1v) is 4.43. The van der Waals surface area contributed by atoms with Gasteiger partial charge in [0.15, 0.2) is 5.76 Å². The Morgan fingerprint density at radius 1 is 1.42 bits per heavy atom. The van der Waals surface area contributed by atoms with Gasteiger partial charge in [-0.05, 0) is 25.3 Å². The second-order valence-corrected chi connectivity index (χ2v) is 3.91. The third kappa shape index (κ3) is 0.554. The zero-order valence-corrected chi connectivity index (χ0v) is 6.80. The van der Waals surface area contributed by atoms with Gasteiger partial charge in [0.05, 0.1) is 6.26 Å². The van der Waals surface area contributed by atoms with Crippen LogP contribution < -0.4 is 0 Å². The summed E-state index contributed by atoms with van der Waals surface area (Å²) < 4.78 is 5.17. The molecule has 12 heavy (non-hydrogen) atoms. The fraction of sp³-hybridized carbons (Fsp3) is 0.500. The molecule has 1 spiro atoms. The Kier molecular flexibility index (Phi) is 0.978. The van der Waals surface area contributed by atoms with Gasteiger partial charge in [-0.2, -0.15) is 0 Å². The normalized spacial score (nSPS) is 24.2. The lowest BCUT2D eigenvalue weighted by atomic mass is 9.66. The lowest BCUT2D eigenvalue weighted by molar-refractivity contribution is 0.0630. The molecule has 0 amide bonds. The van der Waals surface area contributed by atoms with Crippen LogP contribution in [-0.2, 0) is 6.42 Å².